The highest BCUT2D eigenvalue weighted by atomic mass is 35.5. The predicted octanol–water partition coefficient (Wildman–Crippen LogP) is 3.81. The van der Waals surface area contributed by atoms with Crippen LogP contribution in [0.2, 0.25) is 5.02 Å². The van der Waals surface area contributed by atoms with Crippen molar-refractivity contribution in [2.24, 2.45) is 5.92 Å². The Kier molecular flexibility index (Phi) is 4.97. The van der Waals surface area contributed by atoms with Crippen LogP contribution in [0.3, 0.4) is 0 Å². The largest absolute Gasteiger partial charge is 0.396 e. The molecule has 24 heavy (non-hydrogen) atoms. The van der Waals surface area contributed by atoms with Gasteiger partial charge in [0.25, 0.3) is 5.91 Å². The van der Waals surface area contributed by atoms with Crippen LogP contribution in [0.1, 0.15) is 16.8 Å². The molecule has 0 saturated heterocycles. The van der Waals surface area contributed by atoms with Gasteiger partial charge in [-0.15, -0.1) is 0 Å². The van der Waals surface area contributed by atoms with Crippen LogP contribution < -0.4 is 5.32 Å². The summed E-state index contributed by atoms with van der Waals surface area (Å²) in [5, 5.41) is 12.5. The Bertz CT molecular complexity index is 773. The molecule has 2 atom stereocenters. The van der Waals surface area contributed by atoms with Gasteiger partial charge in [0.15, 0.2) is 0 Å². The van der Waals surface area contributed by atoms with E-state index in [1.807, 2.05) is 12.2 Å². The SMILES string of the molecule is O=C(N[C@@H]1C=C[C@H](CO)C1)c1ccc(-c2ccc(Cl)cc2)cc1F. The zero-order valence-corrected chi connectivity index (χ0v) is 13.6. The molecule has 0 heterocycles. The Morgan fingerprint density at radius 1 is 1.17 bits per heavy atom. The summed E-state index contributed by atoms with van der Waals surface area (Å²) in [6.07, 6.45) is 4.33. The van der Waals surface area contributed by atoms with Crippen molar-refractivity contribution < 1.29 is 14.3 Å². The maximum Gasteiger partial charge on any atom is 0.254 e. The van der Waals surface area contributed by atoms with E-state index in [0.29, 0.717) is 17.0 Å². The van der Waals surface area contributed by atoms with Gasteiger partial charge < -0.3 is 10.4 Å². The second-order valence-corrected chi connectivity index (χ2v) is 6.28. The molecule has 0 fully saturated rings. The van der Waals surface area contributed by atoms with Crippen molar-refractivity contribution in [2.75, 3.05) is 6.61 Å². The van der Waals surface area contributed by atoms with Crippen LogP contribution in [0.15, 0.2) is 54.6 Å². The van der Waals surface area contributed by atoms with Crippen molar-refractivity contribution in [1.82, 2.24) is 5.32 Å². The molecule has 1 amide bonds. The van der Waals surface area contributed by atoms with Gasteiger partial charge in [-0.25, -0.2) is 4.39 Å². The van der Waals surface area contributed by atoms with Crippen LogP contribution in [-0.2, 0) is 0 Å². The van der Waals surface area contributed by atoms with Crippen LogP contribution in [-0.4, -0.2) is 23.7 Å². The standard InChI is InChI=1S/C19H17ClFNO2/c20-15-5-2-13(3-6-15)14-4-8-17(18(21)10-14)19(24)22-16-7-1-12(9-16)11-23/h1-8,10,12,16,23H,9,11H2,(H,22,24)/t12-,16+/m0/s1. The number of nitrogens with one attached hydrogen (secondary N) is 1. The van der Waals surface area contributed by atoms with Crippen LogP contribution in [0.25, 0.3) is 11.1 Å². The van der Waals surface area contributed by atoms with E-state index in [2.05, 4.69) is 5.32 Å². The molecule has 3 rings (SSSR count). The summed E-state index contributed by atoms with van der Waals surface area (Å²) in [5.41, 5.74) is 1.52. The molecule has 1 aliphatic carbocycles. The molecule has 124 valence electrons. The summed E-state index contributed by atoms with van der Waals surface area (Å²) in [6, 6.07) is 11.4. The monoisotopic (exact) mass is 345 g/mol. The van der Waals surface area contributed by atoms with Crippen molar-refractivity contribution in [3.63, 3.8) is 0 Å². The summed E-state index contributed by atoms with van der Waals surface area (Å²) in [5.74, 6) is -0.976. The molecule has 5 heteroatoms. The normalized spacial score (nSPS) is 19.5. The molecule has 3 nitrogen and oxygen atoms in total. The first-order chi connectivity index (χ1) is 11.6. The molecule has 2 N–H and O–H groups in total. The van der Waals surface area contributed by atoms with E-state index in [9.17, 15) is 9.18 Å². The Morgan fingerprint density at radius 2 is 1.88 bits per heavy atom. The van der Waals surface area contributed by atoms with E-state index in [-0.39, 0.29) is 24.1 Å². The van der Waals surface area contributed by atoms with Gasteiger partial charge in [-0.1, -0.05) is 42.0 Å². The highest BCUT2D eigenvalue weighted by molar-refractivity contribution is 6.30. The van der Waals surface area contributed by atoms with Gasteiger partial charge in [0.2, 0.25) is 0 Å². The number of hydrogen-bond donors (Lipinski definition) is 2. The highest BCUT2D eigenvalue weighted by Crippen LogP contribution is 2.24. The van der Waals surface area contributed by atoms with Crippen molar-refractivity contribution >= 4 is 17.5 Å². The fraction of sp³-hybridized carbons (Fsp3) is 0.211. The van der Waals surface area contributed by atoms with E-state index < -0.39 is 11.7 Å². The van der Waals surface area contributed by atoms with Crippen LogP contribution >= 0.6 is 11.6 Å². The van der Waals surface area contributed by atoms with Crippen molar-refractivity contribution in [2.45, 2.75) is 12.5 Å². The number of aliphatic hydroxyl groups is 1. The number of benzene rings is 2. The summed E-state index contributed by atoms with van der Waals surface area (Å²) in [4.78, 5) is 12.2. The minimum Gasteiger partial charge on any atom is -0.396 e. The molecular formula is C19H17ClFNO2. The van der Waals surface area contributed by atoms with Gasteiger partial charge in [-0.2, -0.15) is 0 Å². The molecule has 0 radical (unpaired) electrons. The Labute approximate surface area is 144 Å². The zero-order chi connectivity index (χ0) is 17.1. The predicted molar refractivity (Wildman–Crippen MR) is 92.4 cm³/mol. The second kappa shape index (κ2) is 7.16. The van der Waals surface area contributed by atoms with Gasteiger partial charge in [0.1, 0.15) is 5.82 Å². The van der Waals surface area contributed by atoms with Gasteiger partial charge >= 0.3 is 0 Å². The molecule has 1 aliphatic rings. The van der Waals surface area contributed by atoms with Crippen molar-refractivity contribution in [3.05, 3.63) is 71.0 Å². The van der Waals surface area contributed by atoms with Gasteiger partial charge in [-0.3, -0.25) is 4.79 Å². The quantitative estimate of drug-likeness (QED) is 0.828. The Morgan fingerprint density at radius 3 is 2.50 bits per heavy atom. The first-order valence-electron chi connectivity index (χ1n) is 7.72. The molecule has 0 aliphatic heterocycles. The third-order valence-corrected chi connectivity index (χ3v) is 4.37. The average Bonchev–Trinajstić information content (AvgIpc) is 3.03. The minimum absolute atomic E-state index is 0.00793. The maximum atomic E-state index is 14.3. The molecule has 0 aromatic heterocycles. The molecule has 2 aromatic rings. The molecule has 0 bridgehead atoms. The third-order valence-electron chi connectivity index (χ3n) is 4.11. The number of amides is 1. The van der Waals surface area contributed by atoms with Crippen LogP contribution in [0.4, 0.5) is 4.39 Å². The lowest BCUT2D eigenvalue weighted by Crippen LogP contribution is -2.33. The fourth-order valence-corrected chi connectivity index (χ4v) is 2.91. The lowest BCUT2D eigenvalue weighted by atomic mass is 10.0. The number of hydrogen-bond acceptors (Lipinski definition) is 2. The lowest BCUT2D eigenvalue weighted by molar-refractivity contribution is 0.0937. The zero-order valence-electron chi connectivity index (χ0n) is 12.9. The van der Waals surface area contributed by atoms with E-state index in [0.717, 1.165) is 5.56 Å². The fourth-order valence-electron chi connectivity index (χ4n) is 2.78. The number of halogens is 2. The van der Waals surface area contributed by atoms with Crippen LogP contribution in [0, 0.1) is 11.7 Å². The van der Waals surface area contributed by atoms with Crippen molar-refractivity contribution in [3.8, 4) is 11.1 Å². The van der Waals surface area contributed by atoms with E-state index in [1.165, 1.54) is 12.1 Å². The summed E-state index contributed by atoms with van der Waals surface area (Å²) < 4.78 is 14.3. The smallest absolute Gasteiger partial charge is 0.254 e. The van der Waals surface area contributed by atoms with E-state index in [4.69, 9.17) is 16.7 Å². The maximum absolute atomic E-state index is 14.3. The topological polar surface area (TPSA) is 49.3 Å². The molecule has 0 spiro atoms. The lowest BCUT2D eigenvalue weighted by Gasteiger charge is -2.13. The number of carbonyl (C=O) groups is 1. The van der Waals surface area contributed by atoms with E-state index in [1.54, 1.807) is 30.3 Å². The molecular weight excluding hydrogens is 329 g/mol. The Hall–Kier alpha value is -2.17. The number of carbonyl (C=O) groups excluding carboxylic acids is 1. The first kappa shape index (κ1) is 16.7. The van der Waals surface area contributed by atoms with Crippen LogP contribution in [0.5, 0.6) is 0 Å². The van der Waals surface area contributed by atoms with Gasteiger partial charge in [0.05, 0.1) is 5.56 Å². The highest BCUT2D eigenvalue weighted by Gasteiger charge is 2.21. The summed E-state index contributed by atoms with van der Waals surface area (Å²) in [7, 11) is 0. The van der Waals surface area contributed by atoms with Crippen molar-refractivity contribution in [1.29, 1.82) is 0 Å². The third kappa shape index (κ3) is 3.66. The van der Waals surface area contributed by atoms with E-state index >= 15 is 0 Å². The number of aliphatic hydroxyl groups excluding tert-OH is 1. The number of rotatable bonds is 4. The first-order valence-corrected chi connectivity index (χ1v) is 8.10. The molecule has 2 aromatic carbocycles. The summed E-state index contributed by atoms with van der Waals surface area (Å²) >= 11 is 5.85. The second-order valence-electron chi connectivity index (χ2n) is 5.84. The van der Waals surface area contributed by atoms with Gasteiger partial charge in [-0.05, 0) is 41.8 Å². The molecule has 0 unspecified atom stereocenters. The average molecular weight is 346 g/mol. The molecule has 0 saturated carbocycles. The van der Waals surface area contributed by atoms with Gasteiger partial charge in [0, 0.05) is 23.6 Å². The Balaban J connectivity index is 1.74. The summed E-state index contributed by atoms with van der Waals surface area (Å²) in [6.45, 7) is 0.0486. The minimum atomic E-state index is -0.569.